The summed E-state index contributed by atoms with van der Waals surface area (Å²) in [5.74, 6) is 0. The SMILES string of the molecule is CCCCOC=C1CC=CCC1. The number of rotatable bonds is 4. The van der Waals surface area contributed by atoms with Gasteiger partial charge in [0.2, 0.25) is 0 Å². The van der Waals surface area contributed by atoms with Gasteiger partial charge in [-0.3, -0.25) is 0 Å². The Morgan fingerprint density at radius 2 is 2.42 bits per heavy atom. The van der Waals surface area contributed by atoms with Crippen molar-refractivity contribution in [2.24, 2.45) is 0 Å². The van der Waals surface area contributed by atoms with Crippen LogP contribution in [-0.2, 0) is 4.74 Å². The lowest BCUT2D eigenvalue weighted by Gasteiger charge is -2.08. The zero-order valence-corrected chi connectivity index (χ0v) is 7.88. The normalized spacial score (nSPS) is 19.9. The number of hydrogen-bond acceptors (Lipinski definition) is 1. The molecular weight excluding hydrogens is 148 g/mol. The zero-order chi connectivity index (χ0) is 8.65. The second-order valence-electron chi connectivity index (χ2n) is 3.21. The molecule has 1 rings (SSSR count). The molecule has 0 saturated carbocycles. The van der Waals surface area contributed by atoms with Gasteiger partial charge in [-0.15, -0.1) is 0 Å². The van der Waals surface area contributed by atoms with E-state index in [0.29, 0.717) is 0 Å². The summed E-state index contributed by atoms with van der Waals surface area (Å²) in [6, 6.07) is 0. The van der Waals surface area contributed by atoms with Crippen LogP contribution in [0.5, 0.6) is 0 Å². The molecule has 0 spiro atoms. The summed E-state index contributed by atoms with van der Waals surface area (Å²) >= 11 is 0. The summed E-state index contributed by atoms with van der Waals surface area (Å²) in [5.41, 5.74) is 1.44. The van der Waals surface area contributed by atoms with Gasteiger partial charge in [0.25, 0.3) is 0 Å². The predicted octanol–water partition coefficient (Wildman–Crippen LogP) is 3.43. The van der Waals surface area contributed by atoms with Crippen molar-refractivity contribution in [3.63, 3.8) is 0 Å². The Morgan fingerprint density at radius 3 is 3.08 bits per heavy atom. The van der Waals surface area contributed by atoms with E-state index < -0.39 is 0 Å². The largest absolute Gasteiger partial charge is 0.501 e. The van der Waals surface area contributed by atoms with Crippen LogP contribution in [0.2, 0.25) is 0 Å². The average molecular weight is 166 g/mol. The molecule has 0 bridgehead atoms. The summed E-state index contributed by atoms with van der Waals surface area (Å²) in [6.07, 6.45) is 12.3. The molecular formula is C11H18O. The third-order valence-corrected chi connectivity index (χ3v) is 2.04. The molecule has 0 fully saturated rings. The van der Waals surface area contributed by atoms with E-state index >= 15 is 0 Å². The molecule has 0 amide bonds. The lowest BCUT2D eigenvalue weighted by molar-refractivity contribution is 0.239. The van der Waals surface area contributed by atoms with Gasteiger partial charge in [-0.1, -0.05) is 25.5 Å². The molecule has 68 valence electrons. The number of allylic oxidation sites excluding steroid dienone is 3. The molecule has 1 aliphatic carbocycles. The minimum absolute atomic E-state index is 0.879. The van der Waals surface area contributed by atoms with Crippen molar-refractivity contribution in [2.45, 2.75) is 39.0 Å². The fourth-order valence-corrected chi connectivity index (χ4v) is 1.23. The number of unbranched alkanes of at least 4 members (excludes halogenated alkanes) is 1. The van der Waals surface area contributed by atoms with E-state index in [1.54, 1.807) is 0 Å². The monoisotopic (exact) mass is 166 g/mol. The van der Waals surface area contributed by atoms with Crippen LogP contribution in [0, 0.1) is 0 Å². The molecule has 0 unspecified atom stereocenters. The quantitative estimate of drug-likeness (QED) is 0.353. The van der Waals surface area contributed by atoms with Crippen molar-refractivity contribution in [3.8, 4) is 0 Å². The minimum Gasteiger partial charge on any atom is -0.501 e. The van der Waals surface area contributed by atoms with Gasteiger partial charge in [0.15, 0.2) is 0 Å². The molecule has 0 aromatic carbocycles. The lowest BCUT2D eigenvalue weighted by Crippen LogP contribution is -1.91. The van der Waals surface area contributed by atoms with Crippen molar-refractivity contribution in [3.05, 3.63) is 24.0 Å². The molecule has 0 radical (unpaired) electrons. The molecule has 0 aromatic rings. The van der Waals surface area contributed by atoms with Gasteiger partial charge in [-0.05, 0) is 31.3 Å². The zero-order valence-electron chi connectivity index (χ0n) is 7.88. The van der Waals surface area contributed by atoms with Crippen molar-refractivity contribution in [2.75, 3.05) is 6.61 Å². The molecule has 0 aliphatic heterocycles. The summed E-state index contributed by atoms with van der Waals surface area (Å²) in [6.45, 7) is 3.06. The highest BCUT2D eigenvalue weighted by Gasteiger charge is 1.98. The van der Waals surface area contributed by atoms with Gasteiger partial charge in [-0.2, -0.15) is 0 Å². The molecule has 1 aliphatic rings. The fourth-order valence-electron chi connectivity index (χ4n) is 1.23. The van der Waals surface area contributed by atoms with Gasteiger partial charge in [0.1, 0.15) is 0 Å². The van der Waals surface area contributed by atoms with Crippen molar-refractivity contribution >= 4 is 0 Å². The fraction of sp³-hybridized carbons (Fsp3) is 0.636. The summed E-state index contributed by atoms with van der Waals surface area (Å²) < 4.78 is 5.42. The Kier molecular flexibility index (Phi) is 4.58. The number of hydrogen-bond donors (Lipinski definition) is 0. The Bertz CT molecular complexity index is 168. The minimum atomic E-state index is 0.879. The van der Waals surface area contributed by atoms with Crippen LogP contribution in [-0.4, -0.2) is 6.61 Å². The third kappa shape index (κ3) is 3.61. The number of ether oxygens (including phenoxy) is 1. The summed E-state index contributed by atoms with van der Waals surface area (Å²) in [7, 11) is 0. The first-order chi connectivity index (χ1) is 5.93. The molecule has 12 heavy (non-hydrogen) atoms. The van der Waals surface area contributed by atoms with Crippen molar-refractivity contribution < 1.29 is 4.74 Å². The highest BCUT2D eigenvalue weighted by atomic mass is 16.5. The standard InChI is InChI=1S/C11H18O/c1-2-3-9-12-10-11-7-5-4-6-8-11/h4-5,10H,2-3,6-9H2,1H3. The molecule has 0 saturated heterocycles. The van der Waals surface area contributed by atoms with Crippen LogP contribution >= 0.6 is 0 Å². The topological polar surface area (TPSA) is 9.23 Å². The van der Waals surface area contributed by atoms with Crippen LogP contribution in [0.15, 0.2) is 24.0 Å². The Hall–Kier alpha value is -0.720. The van der Waals surface area contributed by atoms with Gasteiger partial charge < -0.3 is 4.74 Å². The first kappa shape index (κ1) is 9.37. The summed E-state index contributed by atoms with van der Waals surface area (Å²) in [4.78, 5) is 0. The van der Waals surface area contributed by atoms with E-state index in [0.717, 1.165) is 13.0 Å². The van der Waals surface area contributed by atoms with E-state index in [2.05, 4.69) is 19.1 Å². The van der Waals surface area contributed by atoms with Gasteiger partial charge in [0.05, 0.1) is 12.9 Å². The second-order valence-corrected chi connectivity index (χ2v) is 3.21. The highest BCUT2D eigenvalue weighted by Crippen LogP contribution is 2.16. The van der Waals surface area contributed by atoms with E-state index in [1.807, 2.05) is 6.26 Å². The van der Waals surface area contributed by atoms with E-state index in [-0.39, 0.29) is 0 Å². The third-order valence-electron chi connectivity index (χ3n) is 2.04. The summed E-state index contributed by atoms with van der Waals surface area (Å²) in [5, 5.41) is 0. The lowest BCUT2D eigenvalue weighted by atomic mass is 10.0. The van der Waals surface area contributed by atoms with Crippen LogP contribution in [0.4, 0.5) is 0 Å². The maximum Gasteiger partial charge on any atom is 0.0873 e. The molecule has 0 aromatic heterocycles. The maximum atomic E-state index is 5.42. The average Bonchev–Trinajstić information content (AvgIpc) is 2.14. The van der Waals surface area contributed by atoms with Gasteiger partial charge in [-0.25, -0.2) is 0 Å². The molecule has 0 atom stereocenters. The first-order valence-electron chi connectivity index (χ1n) is 4.88. The van der Waals surface area contributed by atoms with Gasteiger partial charge >= 0.3 is 0 Å². The molecule has 0 N–H and O–H groups in total. The van der Waals surface area contributed by atoms with E-state index in [9.17, 15) is 0 Å². The van der Waals surface area contributed by atoms with E-state index in [1.165, 1.54) is 31.3 Å². The van der Waals surface area contributed by atoms with Crippen LogP contribution < -0.4 is 0 Å². The Morgan fingerprint density at radius 1 is 1.50 bits per heavy atom. The highest BCUT2D eigenvalue weighted by molar-refractivity contribution is 5.10. The Labute approximate surface area is 75.1 Å². The van der Waals surface area contributed by atoms with Crippen molar-refractivity contribution in [1.29, 1.82) is 0 Å². The first-order valence-corrected chi connectivity index (χ1v) is 4.88. The van der Waals surface area contributed by atoms with E-state index in [4.69, 9.17) is 4.74 Å². The van der Waals surface area contributed by atoms with Gasteiger partial charge in [0, 0.05) is 0 Å². The molecule has 0 heterocycles. The van der Waals surface area contributed by atoms with Crippen molar-refractivity contribution in [1.82, 2.24) is 0 Å². The predicted molar refractivity (Wildman–Crippen MR) is 51.9 cm³/mol. The van der Waals surface area contributed by atoms with Crippen LogP contribution in [0.25, 0.3) is 0 Å². The van der Waals surface area contributed by atoms with Crippen LogP contribution in [0.1, 0.15) is 39.0 Å². The smallest absolute Gasteiger partial charge is 0.0873 e. The molecule has 1 heteroatoms. The second kappa shape index (κ2) is 5.87. The Balaban J connectivity index is 2.13. The molecule has 1 nitrogen and oxygen atoms in total. The maximum absolute atomic E-state index is 5.42. The van der Waals surface area contributed by atoms with Crippen LogP contribution in [0.3, 0.4) is 0 Å².